The maximum atomic E-state index is 12.2. The number of nitrogens with zero attached hydrogens (tertiary/aromatic N) is 2. The van der Waals surface area contributed by atoms with E-state index in [0.717, 1.165) is 0 Å². The van der Waals surface area contributed by atoms with E-state index in [4.69, 9.17) is 18.3 Å². The maximum Gasteiger partial charge on any atom is 0.312 e. The van der Waals surface area contributed by atoms with E-state index >= 15 is 0 Å². The van der Waals surface area contributed by atoms with Crippen LogP contribution in [0.5, 0.6) is 11.5 Å². The molecule has 0 aliphatic rings. The molecule has 43 heavy (non-hydrogen) atoms. The monoisotopic (exact) mass is 582 g/mol. The molecule has 2 heterocycles. The summed E-state index contributed by atoms with van der Waals surface area (Å²) in [5.74, 6) is -1.06. The molecule has 0 amide bonds. The van der Waals surface area contributed by atoms with Gasteiger partial charge in [0.1, 0.15) is 23.0 Å². The molecule has 0 saturated carbocycles. The van der Waals surface area contributed by atoms with Crippen LogP contribution in [0.2, 0.25) is 0 Å². The average molecular weight is 583 g/mol. The highest BCUT2D eigenvalue weighted by atomic mass is 16.7. The molecule has 12 nitrogen and oxygen atoms in total. The molecule has 0 aliphatic heterocycles. The van der Waals surface area contributed by atoms with E-state index in [1.165, 1.54) is 50.6 Å². The number of phenolic OH excluding ortho intramolecular Hbond substituents is 2. The van der Waals surface area contributed by atoms with Gasteiger partial charge in [0.15, 0.2) is 0 Å². The predicted octanol–water partition coefficient (Wildman–Crippen LogP) is 7.23. The topological polar surface area (TPSA) is 171 Å². The second-order valence-electron chi connectivity index (χ2n) is 9.68. The molecule has 216 valence electrons. The van der Waals surface area contributed by atoms with Gasteiger partial charge in [0, 0.05) is 59.4 Å². The standard InChI is InChI=1S/C31H22N2O10/c1-40-31(41-2,21-11-19-13-27(17-3-7-23(34)8-4-17)42-29(19)25(15-21)32(36)37)22-12-20-14-28(18-5-9-24(35)10-6-18)43-30(20)26(16-22)33(38)39/h3-16,34-35H,1-2H3. The van der Waals surface area contributed by atoms with E-state index < -0.39 is 15.6 Å². The third-order valence-electron chi connectivity index (χ3n) is 7.23. The Bertz CT molecular complexity index is 1880. The van der Waals surface area contributed by atoms with Crippen molar-refractivity contribution in [3.63, 3.8) is 0 Å². The average Bonchev–Trinajstić information content (AvgIpc) is 3.62. The quantitative estimate of drug-likeness (QED) is 0.106. The highest BCUT2D eigenvalue weighted by Gasteiger charge is 2.39. The largest absolute Gasteiger partial charge is 0.508 e. The lowest BCUT2D eigenvalue weighted by atomic mass is 9.93. The molecule has 4 aromatic carbocycles. The van der Waals surface area contributed by atoms with Gasteiger partial charge in [-0.15, -0.1) is 0 Å². The van der Waals surface area contributed by atoms with E-state index in [9.17, 15) is 30.4 Å². The zero-order valence-electron chi connectivity index (χ0n) is 22.6. The van der Waals surface area contributed by atoms with Crippen molar-refractivity contribution in [3.05, 3.63) is 116 Å². The number of aromatic hydroxyl groups is 2. The summed E-state index contributed by atoms with van der Waals surface area (Å²) in [6, 6.07) is 21.2. The fraction of sp³-hybridized carbons (Fsp3) is 0.0968. The lowest BCUT2D eigenvalue weighted by Gasteiger charge is -2.31. The minimum atomic E-state index is -1.82. The normalized spacial score (nSPS) is 11.8. The van der Waals surface area contributed by atoms with Crippen LogP contribution in [0.15, 0.2) is 93.8 Å². The van der Waals surface area contributed by atoms with E-state index in [0.29, 0.717) is 33.4 Å². The summed E-state index contributed by atoms with van der Waals surface area (Å²) < 4.78 is 23.4. The first-order valence-electron chi connectivity index (χ1n) is 12.8. The Balaban J connectivity index is 1.55. The summed E-state index contributed by atoms with van der Waals surface area (Å²) in [4.78, 5) is 23.2. The Morgan fingerprint density at radius 3 is 1.33 bits per heavy atom. The van der Waals surface area contributed by atoms with Gasteiger partial charge in [0.2, 0.25) is 17.0 Å². The molecule has 0 radical (unpaired) electrons. The van der Waals surface area contributed by atoms with Gasteiger partial charge in [-0.2, -0.15) is 0 Å². The highest BCUT2D eigenvalue weighted by Crippen LogP contribution is 2.44. The van der Waals surface area contributed by atoms with Crippen LogP contribution >= 0.6 is 0 Å². The van der Waals surface area contributed by atoms with Gasteiger partial charge in [-0.25, -0.2) is 0 Å². The van der Waals surface area contributed by atoms with Crippen molar-refractivity contribution < 1.29 is 38.4 Å². The third-order valence-corrected chi connectivity index (χ3v) is 7.23. The van der Waals surface area contributed by atoms with Gasteiger partial charge in [0.05, 0.1) is 9.85 Å². The summed E-state index contributed by atoms with van der Waals surface area (Å²) >= 11 is 0. The molecule has 0 fully saturated rings. The molecular weight excluding hydrogens is 560 g/mol. The number of hydrogen-bond acceptors (Lipinski definition) is 10. The first-order valence-corrected chi connectivity index (χ1v) is 12.8. The van der Waals surface area contributed by atoms with Gasteiger partial charge in [-0.05, 0) is 72.8 Å². The summed E-state index contributed by atoms with van der Waals surface area (Å²) in [7, 11) is 2.65. The van der Waals surface area contributed by atoms with Crippen LogP contribution < -0.4 is 0 Å². The molecule has 0 unspecified atom stereocenters. The van der Waals surface area contributed by atoms with Crippen molar-refractivity contribution in [1.29, 1.82) is 0 Å². The Hall–Kier alpha value is -5.72. The van der Waals surface area contributed by atoms with Gasteiger partial charge >= 0.3 is 11.4 Å². The molecule has 6 rings (SSSR count). The van der Waals surface area contributed by atoms with Crippen LogP contribution in [0.1, 0.15) is 11.1 Å². The number of fused-ring (bicyclic) bond motifs is 2. The number of nitro benzene ring substituents is 2. The van der Waals surface area contributed by atoms with Crippen LogP contribution in [0.4, 0.5) is 11.4 Å². The Labute approximate surface area is 242 Å². The summed E-state index contributed by atoms with van der Waals surface area (Å²) in [5.41, 5.74) is 0.811. The molecular formula is C31H22N2O10. The molecule has 2 aromatic heterocycles. The fourth-order valence-corrected chi connectivity index (χ4v) is 5.18. The molecule has 0 bridgehead atoms. The molecule has 6 aromatic rings. The van der Waals surface area contributed by atoms with E-state index in [1.54, 1.807) is 48.5 Å². The Morgan fingerprint density at radius 1 is 0.628 bits per heavy atom. The molecule has 0 saturated heterocycles. The number of furan rings is 2. The van der Waals surface area contributed by atoms with Gasteiger partial charge < -0.3 is 28.5 Å². The maximum absolute atomic E-state index is 12.2. The second-order valence-corrected chi connectivity index (χ2v) is 9.68. The predicted molar refractivity (Wildman–Crippen MR) is 155 cm³/mol. The number of rotatable bonds is 8. The van der Waals surface area contributed by atoms with E-state index in [2.05, 4.69) is 0 Å². The van der Waals surface area contributed by atoms with Crippen molar-refractivity contribution in [1.82, 2.24) is 0 Å². The van der Waals surface area contributed by atoms with Crippen molar-refractivity contribution in [2.75, 3.05) is 14.2 Å². The number of hydrogen-bond donors (Lipinski definition) is 2. The zero-order chi connectivity index (χ0) is 30.5. The summed E-state index contributed by atoms with van der Waals surface area (Å²) in [5, 5.41) is 44.4. The number of nitro groups is 2. The van der Waals surface area contributed by atoms with Gasteiger partial charge in [0.25, 0.3) is 0 Å². The molecule has 12 heteroatoms. The Kier molecular flexibility index (Phi) is 6.56. The third kappa shape index (κ3) is 4.60. The molecule has 2 N–H and O–H groups in total. The number of non-ortho nitro benzene ring substituents is 2. The minimum absolute atomic E-state index is 0.00716. The second kappa shape index (κ2) is 10.3. The Morgan fingerprint density at radius 2 is 1.00 bits per heavy atom. The van der Waals surface area contributed by atoms with Crippen LogP contribution in [0, 0.1) is 20.2 Å². The molecule has 0 spiro atoms. The van der Waals surface area contributed by atoms with Crippen LogP contribution in [-0.2, 0) is 15.3 Å². The molecule has 0 atom stereocenters. The fourth-order valence-electron chi connectivity index (χ4n) is 5.18. The summed E-state index contributed by atoms with van der Waals surface area (Å²) in [6.45, 7) is 0. The molecule has 0 aliphatic carbocycles. The number of ether oxygens (including phenoxy) is 2. The van der Waals surface area contributed by atoms with E-state index in [-0.39, 0.29) is 45.2 Å². The van der Waals surface area contributed by atoms with Crippen LogP contribution in [0.3, 0.4) is 0 Å². The van der Waals surface area contributed by atoms with Gasteiger partial charge in [-0.3, -0.25) is 20.2 Å². The SMILES string of the molecule is COC(OC)(c1cc([N+](=O)[O-])c2oc(-c3ccc(O)cc3)cc2c1)c1cc([N+](=O)[O-])c2oc(-c3ccc(O)cc3)cc2c1. The summed E-state index contributed by atoms with van der Waals surface area (Å²) in [6.07, 6.45) is 0. The number of methoxy groups -OCH3 is 2. The highest BCUT2D eigenvalue weighted by molar-refractivity contribution is 5.92. The van der Waals surface area contributed by atoms with Crippen LogP contribution in [0.25, 0.3) is 44.6 Å². The number of benzene rings is 4. The lowest BCUT2D eigenvalue weighted by Crippen LogP contribution is -2.32. The van der Waals surface area contributed by atoms with Crippen molar-refractivity contribution in [3.8, 4) is 34.1 Å². The minimum Gasteiger partial charge on any atom is -0.508 e. The number of phenols is 2. The van der Waals surface area contributed by atoms with Crippen molar-refractivity contribution >= 4 is 33.3 Å². The van der Waals surface area contributed by atoms with Crippen molar-refractivity contribution in [2.24, 2.45) is 0 Å². The van der Waals surface area contributed by atoms with E-state index in [1.807, 2.05) is 0 Å². The zero-order valence-corrected chi connectivity index (χ0v) is 22.6. The van der Waals surface area contributed by atoms with Crippen molar-refractivity contribution in [2.45, 2.75) is 5.79 Å². The van der Waals surface area contributed by atoms with Gasteiger partial charge in [-0.1, -0.05) is 0 Å². The van der Waals surface area contributed by atoms with Crippen LogP contribution in [-0.4, -0.2) is 34.3 Å². The first kappa shape index (κ1) is 27.4. The lowest BCUT2D eigenvalue weighted by molar-refractivity contribution is -0.384. The first-order chi connectivity index (χ1) is 20.6. The smallest absolute Gasteiger partial charge is 0.312 e.